The molecule has 0 bridgehead atoms. The van der Waals surface area contributed by atoms with Gasteiger partial charge in [-0.3, -0.25) is 0 Å². The van der Waals surface area contributed by atoms with E-state index in [4.69, 9.17) is 14.0 Å². The van der Waals surface area contributed by atoms with Crippen LogP contribution in [0.5, 0.6) is 0 Å². The van der Waals surface area contributed by atoms with E-state index in [1.807, 2.05) is 0 Å². The third-order valence-corrected chi connectivity index (χ3v) is 9.45. The van der Waals surface area contributed by atoms with Gasteiger partial charge in [0, 0.05) is 5.41 Å². The monoisotopic (exact) mass is 525 g/mol. The number of hydrogen-bond donors (Lipinski definition) is 2. The molecule has 1 aliphatic rings. The van der Waals surface area contributed by atoms with Crippen LogP contribution in [0.25, 0.3) is 0 Å². The van der Waals surface area contributed by atoms with E-state index in [1.54, 1.807) is 6.92 Å². The predicted octanol–water partition coefficient (Wildman–Crippen LogP) is 8.11. The highest BCUT2D eigenvalue weighted by atomic mass is 31.2. The first-order valence-corrected chi connectivity index (χ1v) is 15.4. The first kappa shape index (κ1) is 31.7. The number of ether oxygens (including phenoxy) is 2. The van der Waals surface area contributed by atoms with Gasteiger partial charge in [0.05, 0.1) is 25.4 Å². The van der Waals surface area contributed by atoms with E-state index in [-0.39, 0.29) is 28.3 Å². The van der Waals surface area contributed by atoms with E-state index in [2.05, 4.69) is 88.3 Å². The Labute approximate surface area is 221 Å². The Balaban J connectivity index is 2.95. The highest BCUT2D eigenvalue weighted by Gasteiger charge is 2.70. The molecular weight excluding hydrogens is 471 g/mol. The summed E-state index contributed by atoms with van der Waals surface area (Å²) in [6.45, 7) is 26.7. The zero-order chi connectivity index (χ0) is 27.8. The summed E-state index contributed by atoms with van der Waals surface area (Å²) in [4.78, 5) is 23.3. The highest BCUT2D eigenvalue weighted by Crippen LogP contribution is 2.72. The topological polar surface area (TPSA) is 68.2 Å². The minimum Gasteiger partial charge on any atom is -0.308 e. The van der Waals surface area contributed by atoms with Crippen LogP contribution in [0.2, 0.25) is 0 Å². The average molecular weight is 526 g/mol. The number of benzene rings is 1. The van der Waals surface area contributed by atoms with Gasteiger partial charge in [-0.25, -0.2) is 0 Å². The molecule has 0 saturated carbocycles. The molecule has 0 atom stereocenters. The van der Waals surface area contributed by atoms with E-state index in [1.165, 1.54) is 5.56 Å². The van der Waals surface area contributed by atoms with Crippen LogP contribution in [0.1, 0.15) is 131 Å². The molecule has 0 aliphatic carbocycles. The molecule has 1 saturated heterocycles. The highest BCUT2D eigenvalue weighted by molar-refractivity contribution is 7.60. The Bertz CT molecular complexity index is 843. The molecule has 208 valence electrons. The van der Waals surface area contributed by atoms with Gasteiger partial charge in [0.15, 0.2) is 0 Å². The van der Waals surface area contributed by atoms with Crippen LogP contribution in [-0.4, -0.2) is 29.6 Å². The SMILES string of the molecule is CCCCC1(CC)COC(c2c(C(C)(C)C)cc(C(C)(C)C)cc2C(C)(C)C)([P+](O)(O)OCC)OC1. The molecule has 5 nitrogen and oxygen atoms in total. The minimum atomic E-state index is -4.16. The second-order valence-corrected chi connectivity index (χ2v) is 15.7. The van der Waals surface area contributed by atoms with Crippen molar-refractivity contribution in [3.8, 4) is 0 Å². The summed E-state index contributed by atoms with van der Waals surface area (Å²) in [5, 5.41) is 0. The van der Waals surface area contributed by atoms with E-state index in [0.29, 0.717) is 13.2 Å². The maximum atomic E-state index is 11.7. The summed E-state index contributed by atoms with van der Waals surface area (Å²) in [7, 11) is -4.16. The van der Waals surface area contributed by atoms with Gasteiger partial charge in [-0.05, 0) is 52.7 Å². The van der Waals surface area contributed by atoms with E-state index in [9.17, 15) is 9.79 Å². The molecule has 36 heavy (non-hydrogen) atoms. The maximum absolute atomic E-state index is 11.7. The van der Waals surface area contributed by atoms with Crippen molar-refractivity contribution in [2.24, 2.45) is 5.41 Å². The first-order valence-electron chi connectivity index (χ1n) is 13.8. The van der Waals surface area contributed by atoms with Gasteiger partial charge in [-0.1, -0.05) is 101 Å². The number of unbranched alkanes of at least 4 members (excludes halogenated alkanes) is 1. The Morgan fingerprint density at radius 2 is 1.31 bits per heavy atom. The van der Waals surface area contributed by atoms with Crippen LogP contribution in [0, 0.1) is 5.41 Å². The minimum absolute atomic E-state index is 0.0813. The Morgan fingerprint density at radius 1 is 0.833 bits per heavy atom. The van der Waals surface area contributed by atoms with Crippen molar-refractivity contribution in [2.45, 2.75) is 131 Å². The maximum Gasteiger partial charge on any atom is 0.477 e. The molecule has 0 unspecified atom stereocenters. The van der Waals surface area contributed by atoms with Gasteiger partial charge >= 0.3 is 13.5 Å². The third-order valence-electron chi connectivity index (χ3n) is 7.59. The quantitative estimate of drug-likeness (QED) is 0.336. The third kappa shape index (κ3) is 6.35. The Kier molecular flexibility index (Phi) is 9.59. The van der Waals surface area contributed by atoms with Gasteiger partial charge in [0.25, 0.3) is 0 Å². The van der Waals surface area contributed by atoms with Gasteiger partial charge in [-0.2, -0.15) is 14.3 Å². The molecule has 0 spiro atoms. The average Bonchev–Trinajstić information content (AvgIpc) is 2.75. The molecular formula is C30H54O5P+. The standard InChI is InChI=1S/C30H54O5P/c1-13-16-17-29(14-2)20-33-30(34-21-29,36(31,32)35-15-3)25-23(27(7,8)9)18-22(26(4,5)6)19-24(25)28(10,11)12/h18-19,31-32H,13-17,20-21H2,1-12H3/q+1. The predicted molar refractivity (Wildman–Crippen MR) is 151 cm³/mol. The molecule has 0 aromatic heterocycles. The molecule has 0 radical (unpaired) electrons. The summed E-state index contributed by atoms with van der Waals surface area (Å²) in [5.74, 6) is 0. The second kappa shape index (κ2) is 10.9. The fourth-order valence-corrected chi connectivity index (χ4v) is 6.51. The van der Waals surface area contributed by atoms with Crippen LogP contribution in [-0.2, 0) is 35.8 Å². The first-order chi connectivity index (χ1) is 16.3. The molecule has 1 fully saturated rings. The van der Waals surface area contributed by atoms with Crippen molar-refractivity contribution in [1.29, 1.82) is 0 Å². The lowest BCUT2D eigenvalue weighted by atomic mass is 9.72. The lowest BCUT2D eigenvalue weighted by molar-refractivity contribution is -0.280. The van der Waals surface area contributed by atoms with E-state index in [0.717, 1.165) is 42.4 Å². The van der Waals surface area contributed by atoms with Crippen molar-refractivity contribution < 1.29 is 23.8 Å². The Morgan fingerprint density at radius 3 is 1.64 bits per heavy atom. The van der Waals surface area contributed by atoms with E-state index < -0.39 is 13.5 Å². The summed E-state index contributed by atoms with van der Waals surface area (Å²) < 4.78 is 19.1. The smallest absolute Gasteiger partial charge is 0.308 e. The van der Waals surface area contributed by atoms with Crippen molar-refractivity contribution in [2.75, 3.05) is 19.8 Å². The van der Waals surface area contributed by atoms with Crippen LogP contribution >= 0.6 is 7.94 Å². The lowest BCUT2D eigenvalue weighted by Gasteiger charge is -2.47. The molecule has 6 heteroatoms. The Hall–Kier alpha value is -0.550. The zero-order valence-corrected chi connectivity index (χ0v) is 26.1. The van der Waals surface area contributed by atoms with Crippen LogP contribution < -0.4 is 0 Å². The molecule has 2 rings (SSSR count). The summed E-state index contributed by atoms with van der Waals surface area (Å²) in [5.41, 5.74) is 1.33. The van der Waals surface area contributed by atoms with Crippen molar-refractivity contribution >= 4 is 7.94 Å². The zero-order valence-electron chi connectivity index (χ0n) is 25.2. The molecule has 1 aromatic carbocycles. The van der Waals surface area contributed by atoms with E-state index >= 15 is 0 Å². The lowest BCUT2D eigenvalue weighted by Crippen LogP contribution is -2.51. The number of rotatable bonds is 8. The number of hydrogen-bond acceptors (Lipinski definition) is 5. The summed E-state index contributed by atoms with van der Waals surface area (Å²) >= 11 is 0. The molecule has 2 N–H and O–H groups in total. The van der Waals surface area contributed by atoms with Crippen molar-refractivity contribution in [3.63, 3.8) is 0 Å². The summed E-state index contributed by atoms with van der Waals surface area (Å²) in [6, 6.07) is 4.42. The molecule has 1 aromatic rings. The van der Waals surface area contributed by atoms with Crippen LogP contribution in [0.15, 0.2) is 12.1 Å². The summed E-state index contributed by atoms with van der Waals surface area (Å²) in [6.07, 6.45) is 4.06. The van der Waals surface area contributed by atoms with Crippen molar-refractivity contribution in [1.82, 2.24) is 0 Å². The largest absolute Gasteiger partial charge is 0.477 e. The molecule has 1 heterocycles. The second-order valence-electron chi connectivity index (χ2n) is 13.8. The molecule has 0 amide bonds. The van der Waals surface area contributed by atoms with Crippen LogP contribution in [0.4, 0.5) is 0 Å². The van der Waals surface area contributed by atoms with Crippen LogP contribution in [0.3, 0.4) is 0 Å². The fourth-order valence-electron chi connectivity index (χ4n) is 4.98. The normalized spacial score (nSPS) is 24.3. The van der Waals surface area contributed by atoms with Gasteiger partial charge in [-0.15, -0.1) is 0 Å². The van der Waals surface area contributed by atoms with Gasteiger partial charge < -0.3 is 9.47 Å². The van der Waals surface area contributed by atoms with Crippen molar-refractivity contribution in [3.05, 3.63) is 34.4 Å². The fraction of sp³-hybridized carbons (Fsp3) is 0.800. The van der Waals surface area contributed by atoms with Gasteiger partial charge in [0.1, 0.15) is 0 Å². The van der Waals surface area contributed by atoms with Gasteiger partial charge in [0.2, 0.25) is 0 Å². The molecule has 1 aliphatic heterocycles.